The molecule has 1 N–H and O–H groups in total. The molecule has 10 heteroatoms. The van der Waals surface area contributed by atoms with Crippen molar-refractivity contribution in [2.75, 3.05) is 14.1 Å². The van der Waals surface area contributed by atoms with Gasteiger partial charge in [-0.05, 0) is 6.07 Å². The zero-order valence-corrected chi connectivity index (χ0v) is 15.8. The number of benzene rings is 1. The second-order valence-electron chi connectivity index (χ2n) is 6.61. The Hall–Kier alpha value is -3.82. The molecule has 0 bridgehead atoms. The average Bonchev–Trinajstić information content (AvgIpc) is 3.26. The van der Waals surface area contributed by atoms with Crippen LogP contribution in [0.4, 0.5) is 13.6 Å². The summed E-state index contributed by atoms with van der Waals surface area (Å²) in [5, 5.41) is 11.9. The van der Waals surface area contributed by atoms with Crippen LogP contribution in [-0.2, 0) is 7.05 Å². The number of H-pyrrole nitrogens is 1. The lowest BCUT2D eigenvalue weighted by atomic mass is 10.1. The number of carbonyl (C=O) groups is 1. The fourth-order valence-corrected chi connectivity index (χ4v) is 2.86. The van der Waals surface area contributed by atoms with Crippen molar-refractivity contribution in [3.05, 3.63) is 48.4 Å². The number of nitrogens with one attached hydrogen (secondary N) is 1. The van der Waals surface area contributed by atoms with Crippen molar-refractivity contribution in [1.82, 2.24) is 29.9 Å². The normalized spacial score (nSPS) is 11.1. The highest BCUT2D eigenvalue weighted by Gasteiger charge is 2.19. The van der Waals surface area contributed by atoms with Gasteiger partial charge < -0.3 is 9.64 Å². The summed E-state index contributed by atoms with van der Waals surface area (Å²) >= 11 is 0. The Morgan fingerprint density at radius 3 is 2.52 bits per heavy atom. The molecule has 0 atom stereocenters. The lowest BCUT2D eigenvalue weighted by Gasteiger charge is -2.12. The Morgan fingerprint density at radius 2 is 1.90 bits per heavy atom. The van der Waals surface area contributed by atoms with E-state index in [4.69, 9.17) is 4.74 Å². The summed E-state index contributed by atoms with van der Waals surface area (Å²) in [4.78, 5) is 16.9. The second kappa shape index (κ2) is 6.97. The van der Waals surface area contributed by atoms with Crippen LogP contribution in [0.25, 0.3) is 33.4 Å². The molecule has 0 radical (unpaired) electrons. The summed E-state index contributed by atoms with van der Waals surface area (Å²) in [6, 6.07) is 3.44. The van der Waals surface area contributed by atoms with E-state index in [1.54, 1.807) is 30.2 Å². The summed E-state index contributed by atoms with van der Waals surface area (Å²) in [6.45, 7) is 0. The molecular formula is C19H16F2N6O2. The van der Waals surface area contributed by atoms with Crippen LogP contribution in [0.1, 0.15) is 0 Å². The van der Waals surface area contributed by atoms with Gasteiger partial charge in [-0.2, -0.15) is 10.2 Å². The van der Waals surface area contributed by atoms with Crippen molar-refractivity contribution in [3.8, 4) is 28.3 Å². The number of pyridine rings is 1. The highest BCUT2D eigenvalue weighted by atomic mass is 19.1. The molecule has 0 saturated carbocycles. The number of amides is 1. The number of ether oxygens (including phenoxy) is 1. The third-order valence-corrected chi connectivity index (χ3v) is 4.27. The van der Waals surface area contributed by atoms with Gasteiger partial charge in [0.1, 0.15) is 23.1 Å². The summed E-state index contributed by atoms with van der Waals surface area (Å²) in [7, 11) is 4.71. The number of fused-ring (bicyclic) bond motifs is 1. The van der Waals surface area contributed by atoms with Gasteiger partial charge in [-0.1, -0.05) is 0 Å². The van der Waals surface area contributed by atoms with E-state index in [2.05, 4.69) is 20.3 Å². The van der Waals surface area contributed by atoms with E-state index in [0.29, 0.717) is 16.6 Å². The van der Waals surface area contributed by atoms with E-state index in [9.17, 15) is 13.6 Å². The number of aromatic nitrogens is 5. The van der Waals surface area contributed by atoms with Gasteiger partial charge in [0, 0.05) is 50.4 Å². The van der Waals surface area contributed by atoms with Gasteiger partial charge in [-0.15, -0.1) is 0 Å². The van der Waals surface area contributed by atoms with Crippen LogP contribution in [0, 0.1) is 11.6 Å². The van der Waals surface area contributed by atoms with Gasteiger partial charge in [0.25, 0.3) is 0 Å². The van der Waals surface area contributed by atoms with Crippen molar-refractivity contribution in [3.63, 3.8) is 0 Å². The smallest absolute Gasteiger partial charge is 0.410 e. The quantitative estimate of drug-likeness (QED) is 0.572. The molecule has 8 nitrogen and oxygen atoms in total. The molecule has 0 fully saturated rings. The maximum atomic E-state index is 14.7. The van der Waals surface area contributed by atoms with Crippen LogP contribution in [0.3, 0.4) is 0 Å². The summed E-state index contributed by atoms with van der Waals surface area (Å²) < 4.78 is 35.9. The minimum atomic E-state index is -0.898. The van der Waals surface area contributed by atoms with Gasteiger partial charge in [0.15, 0.2) is 0 Å². The van der Waals surface area contributed by atoms with E-state index in [1.807, 2.05) is 0 Å². The molecule has 0 aliphatic rings. The number of rotatable bonds is 3. The Morgan fingerprint density at radius 1 is 1.17 bits per heavy atom. The van der Waals surface area contributed by atoms with E-state index in [1.165, 1.54) is 20.3 Å². The first kappa shape index (κ1) is 18.5. The highest BCUT2D eigenvalue weighted by molar-refractivity contribution is 5.94. The monoisotopic (exact) mass is 398 g/mol. The number of aromatic amines is 1. The molecule has 29 heavy (non-hydrogen) atoms. The molecule has 1 amide bonds. The third kappa shape index (κ3) is 3.40. The molecule has 0 spiro atoms. The highest BCUT2D eigenvalue weighted by Crippen LogP contribution is 2.32. The summed E-state index contributed by atoms with van der Waals surface area (Å²) in [5.74, 6) is -2.03. The summed E-state index contributed by atoms with van der Waals surface area (Å²) in [6.07, 6.45) is 4.14. The molecule has 0 aliphatic carbocycles. The number of nitrogens with zero attached hydrogens (tertiary/aromatic N) is 5. The number of carbonyl (C=O) groups excluding carboxylic acids is 1. The molecular weight excluding hydrogens is 382 g/mol. The van der Waals surface area contributed by atoms with E-state index in [0.717, 1.165) is 22.6 Å². The Balaban J connectivity index is 1.77. The molecule has 0 unspecified atom stereocenters. The lowest BCUT2D eigenvalue weighted by Crippen LogP contribution is -2.25. The van der Waals surface area contributed by atoms with Crippen molar-refractivity contribution in [2.45, 2.75) is 0 Å². The number of hydrogen-bond donors (Lipinski definition) is 1. The first-order valence-corrected chi connectivity index (χ1v) is 8.55. The van der Waals surface area contributed by atoms with E-state index < -0.39 is 17.7 Å². The predicted octanol–water partition coefficient (Wildman–Crippen LogP) is 3.36. The third-order valence-electron chi connectivity index (χ3n) is 4.27. The van der Waals surface area contributed by atoms with Crippen LogP contribution < -0.4 is 4.74 Å². The maximum absolute atomic E-state index is 14.7. The van der Waals surface area contributed by atoms with E-state index in [-0.39, 0.29) is 17.0 Å². The average molecular weight is 398 g/mol. The minimum absolute atomic E-state index is 0.0875. The van der Waals surface area contributed by atoms with Crippen LogP contribution in [0.15, 0.2) is 36.8 Å². The SMILES string of the molecule is CN(C)C(=O)Oc1cc(F)c(-c2cc3c(-c4cnn(C)c4)n[nH]c3cn2)c(F)c1. The van der Waals surface area contributed by atoms with Crippen LogP contribution in [0.2, 0.25) is 0 Å². The lowest BCUT2D eigenvalue weighted by molar-refractivity contribution is 0.171. The fraction of sp³-hybridized carbons (Fsp3) is 0.158. The van der Waals surface area contributed by atoms with Gasteiger partial charge >= 0.3 is 6.09 Å². The standard InChI is InChI=1S/C19H16F2N6O2/c1-26(2)19(28)29-11-4-13(20)17(14(21)5-11)15-6-12-16(8-22-15)24-25-18(12)10-7-23-27(3)9-10/h4-9H,1-3H3,(H,24,25). The van der Waals surface area contributed by atoms with Gasteiger partial charge in [-0.25, -0.2) is 13.6 Å². The number of hydrogen-bond acceptors (Lipinski definition) is 5. The number of halogens is 2. The maximum Gasteiger partial charge on any atom is 0.414 e. The van der Waals surface area contributed by atoms with Crippen molar-refractivity contribution in [2.24, 2.45) is 7.05 Å². The van der Waals surface area contributed by atoms with Crippen molar-refractivity contribution < 1.29 is 18.3 Å². The molecule has 4 rings (SSSR count). The first-order valence-electron chi connectivity index (χ1n) is 8.55. The molecule has 1 aromatic carbocycles. The van der Waals surface area contributed by atoms with Crippen molar-refractivity contribution >= 4 is 17.0 Å². The molecule has 0 saturated heterocycles. The Bertz CT molecular complexity index is 1210. The predicted molar refractivity (Wildman–Crippen MR) is 101 cm³/mol. The number of aryl methyl sites for hydroxylation is 1. The molecule has 3 aromatic heterocycles. The fourth-order valence-electron chi connectivity index (χ4n) is 2.86. The zero-order chi connectivity index (χ0) is 20.7. The van der Waals surface area contributed by atoms with Crippen LogP contribution in [0.5, 0.6) is 5.75 Å². The Kier molecular flexibility index (Phi) is 4.45. The van der Waals surface area contributed by atoms with Gasteiger partial charge in [0.2, 0.25) is 0 Å². The summed E-state index contributed by atoms with van der Waals surface area (Å²) in [5.41, 5.74) is 1.72. The Labute approximate surface area is 163 Å². The van der Waals surface area contributed by atoms with E-state index >= 15 is 0 Å². The van der Waals surface area contributed by atoms with Crippen LogP contribution in [-0.4, -0.2) is 50.1 Å². The van der Waals surface area contributed by atoms with Crippen molar-refractivity contribution in [1.29, 1.82) is 0 Å². The molecule has 148 valence electrons. The van der Waals surface area contributed by atoms with Crippen LogP contribution >= 0.6 is 0 Å². The molecule has 0 aliphatic heterocycles. The minimum Gasteiger partial charge on any atom is -0.410 e. The largest absolute Gasteiger partial charge is 0.414 e. The van der Waals surface area contributed by atoms with Gasteiger partial charge in [0.05, 0.1) is 29.2 Å². The zero-order valence-electron chi connectivity index (χ0n) is 15.8. The topological polar surface area (TPSA) is 88.9 Å². The second-order valence-corrected chi connectivity index (χ2v) is 6.61. The first-order chi connectivity index (χ1) is 13.8. The molecule has 3 heterocycles. The van der Waals surface area contributed by atoms with Gasteiger partial charge in [-0.3, -0.25) is 14.8 Å². The molecule has 4 aromatic rings.